The van der Waals surface area contributed by atoms with Gasteiger partial charge in [-0.05, 0) is 31.5 Å². The Hall–Kier alpha value is -3.74. The molecule has 0 saturated carbocycles. The van der Waals surface area contributed by atoms with Crippen LogP contribution < -0.4 is 16.1 Å². The van der Waals surface area contributed by atoms with Crippen LogP contribution in [-0.4, -0.2) is 33.9 Å². The molecule has 0 bridgehead atoms. The van der Waals surface area contributed by atoms with Crippen molar-refractivity contribution in [3.05, 3.63) is 64.6 Å². The Kier molecular flexibility index (Phi) is 5.66. The van der Waals surface area contributed by atoms with Crippen molar-refractivity contribution in [1.82, 2.24) is 15.0 Å². The number of hydrogen-bond donors (Lipinski definition) is 2. The van der Waals surface area contributed by atoms with Crippen LogP contribution >= 0.6 is 0 Å². The summed E-state index contributed by atoms with van der Waals surface area (Å²) in [6, 6.07) is 13.2. The first-order valence-electron chi connectivity index (χ1n) is 10.5. The van der Waals surface area contributed by atoms with Crippen molar-refractivity contribution in [3.63, 3.8) is 0 Å². The van der Waals surface area contributed by atoms with Gasteiger partial charge in [0.15, 0.2) is 5.43 Å². The molecule has 0 radical (unpaired) electrons. The van der Waals surface area contributed by atoms with Crippen LogP contribution in [-0.2, 0) is 0 Å². The topological polar surface area (TPSA) is 105 Å². The first-order valence-corrected chi connectivity index (χ1v) is 10.5. The SMILES string of the molecule is CCCCN(CC)c1nc2ccccc2cc1-c1cc(=O)c2c(C(N)=O)nccc2[nH]1. The van der Waals surface area contributed by atoms with E-state index in [9.17, 15) is 9.59 Å². The molecule has 0 fully saturated rings. The van der Waals surface area contributed by atoms with Crippen molar-refractivity contribution >= 4 is 33.5 Å². The van der Waals surface area contributed by atoms with Crippen LogP contribution in [0.1, 0.15) is 37.2 Å². The average molecular weight is 415 g/mol. The minimum Gasteiger partial charge on any atom is -0.364 e. The number of pyridine rings is 3. The first-order chi connectivity index (χ1) is 15.0. The van der Waals surface area contributed by atoms with E-state index in [1.54, 1.807) is 6.07 Å². The summed E-state index contributed by atoms with van der Waals surface area (Å²) in [4.78, 5) is 39.2. The third-order valence-corrected chi connectivity index (χ3v) is 5.43. The van der Waals surface area contributed by atoms with Crippen molar-refractivity contribution in [2.24, 2.45) is 5.73 Å². The zero-order valence-corrected chi connectivity index (χ0v) is 17.7. The van der Waals surface area contributed by atoms with Crippen LogP contribution in [0.3, 0.4) is 0 Å². The van der Waals surface area contributed by atoms with E-state index < -0.39 is 5.91 Å². The normalized spacial score (nSPS) is 11.2. The number of aromatic nitrogens is 3. The summed E-state index contributed by atoms with van der Waals surface area (Å²) >= 11 is 0. The molecule has 1 amide bonds. The minimum atomic E-state index is -0.728. The second-order valence-corrected chi connectivity index (χ2v) is 7.48. The summed E-state index contributed by atoms with van der Waals surface area (Å²) in [5, 5.41) is 1.19. The number of hydrogen-bond acceptors (Lipinski definition) is 5. The fourth-order valence-electron chi connectivity index (χ4n) is 3.84. The van der Waals surface area contributed by atoms with E-state index in [0.717, 1.165) is 48.2 Å². The fraction of sp³-hybridized carbons (Fsp3) is 0.250. The number of para-hydroxylation sites is 1. The van der Waals surface area contributed by atoms with Gasteiger partial charge in [0.2, 0.25) is 0 Å². The van der Waals surface area contributed by atoms with Crippen molar-refractivity contribution in [2.75, 3.05) is 18.0 Å². The molecular formula is C24H25N5O2. The van der Waals surface area contributed by atoms with E-state index in [1.807, 2.05) is 24.3 Å². The number of unbranched alkanes of at least 4 members (excludes halogenated alkanes) is 1. The molecule has 4 aromatic rings. The van der Waals surface area contributed by atoms with E-state index >= 15 is 0 Å². The van der Waals surface area contributed by atoms with Gasteiger partial charge < -0.3 is 15.6 Å². The molecule has 158 valence electrons. The number of aromatic amines is 1. The number of carbonyl (C=O) groups is 1. The number of H-pyrrole nitrogens is 1. The molecule has 0 spiro atoms. The van der Waals surface area contributed by atoms with Crippen molar-refractivity contribution in [3.8, 4) is 11.3 Å². The lowest BCUT2D eigenvalue weighted by atomic mass is 10.1. The quantitative estimate of drug-likeness (QED) is 0.477. The Morgan fingerprint density at radius 1 is 1.16 bits per heavy atom. The number of anilines is 1. The number of benzene rings is 1. The van der Waals surface area contributed by atoms with Gasteiger partial charge in [-0.3, -0.25) is 14.6 Å². The average Bonchev–Trinajstić information content (AvgIpc) is 2.78. The number of rotatable bonds is 7. The molecule has 0 aliphatic heterocycles. The maximum absolute atomic E-state index is 13.0. The highest BCUT2D eigenvalue weighted by molar-refractivity contribution is 6.04. The fourth-order valence-corrected chi connectivity index (χ4v) is 3.84. The number of amides is 1. The van der Waals surface area contributed by atoms with Gasteiger partial charge in [0.1, 0.15) is 11.5 Å². The third-order valence-electron chi connectivity index (χ3n) is 5.43. The summed E-state index contributed by atoms with van der Waals surface area (Å²) in [6.07, 6.45) is 3.60. The number of primary amides is 1. The molecule has 0 unspecified atom stereocenters. The Balaban J connectivity index is 1.98. The number of nitrogens with one attached hydrogen (secondary N) is 1. The summed E-state index contributed by atoms with van der Waals surface area (Å²) in [5.74, 6) is 0.0995. The van der Waals surface area contributed by atoms with Crippen LogP contribution in [0.2, 0.25) is 0 Å². The number of fused-ring (bicyclic) bond motifs is 2. The summed E-state index contributed by atoms with van der Waals surface area (Å²) in [5.41, 5.74) is 7.99. The maximum atomic E-state index is 13.0. The van der Waals surface area contributed by atoms with E-state index in [2.05, 4.69) is 34.8 Å². The zero-order valence-electron chi connectivity index (χ0n) is 17.7. The predicted molar refractivity (Wildman–Crippen MR) is 124 cm³/mol. The summed E-state index contributed by atoms with van der Waals surface area (Å²) in [6.45, 7) is 5.93. The smallest absolute Gasteiger partial charge is 0.268 e. The molecule has 4 rings (SSSR count). The van der Waals surface area contributed by atoms with Crippen LogP contribution in [0, 0.1) is 0 Å². The Bertz CT molecular complexity index is 1330. The van der Waals surface area contributed by atoms with Gasteiger partial charge in [0.25, 0.3) is 5.91 Å². The lowest BCUT2D eigenvalue weighted by molar-refractivity contribution is 0.0997. The van der Waals surface area contributed by atoms with E-state index in [1.165, 1.54) is 12.3 Å². The molecular weight excluding hydrogens is 390 g/mol. The standard InChI is InChI=1S/C24H25N5O2/c1-3-5-12-29(4-2)24-16(13-15-8-6-7-9-17(15)28-24)19-14-20(30)21-18(27-19)10-11-26-22(21)23(25)31/h6-11,13-14H,3-5,12H2,1-2H3,(H2,25,31)(H,27,30). The largest absolute Gasteiger partial charge is 0.364 e. The second kappa shape index (κ2) is 8.55. The molecule has 3 aromatic heterocycles. The van der Waals surface area contributed by atoms with E-state index in [-0.39, 0.29) is 16.5 Å². The Morgan fingerprint density at radius 3 is 2.71 bits per heavy atom. The van der Waals surface area contributed by atoms with Gasteiger partial charge in [-0.2, -0.15) is 0 Å². The highest BCUT2D eigenvalue weighted by Crippen LogP contribution is 2.32. The monoisotopic (exact) mass is 415 g/mol. The predicted octanol–water partition coefficient (Wildman–Crippen LogP) is 3.86. The first kappa shape index (κ1) is 20.5. The molecule has 0 saturated heterocycles. The van der Waals surface area contributed by atoms with E-state index in [4.69, 9.17) is 10.7 Å². The van der Waals surface area contributed by atoms with Gasteiger partial charge in [-0.25, -0.2) is 4.98 Å². The maximum Gasteiger partial charge on any atom is 0.268 e. The van der Waals surface area contributed by atoms with Crippen LogP contribution in [0.25, 0.3) is 33.1 Å². The molecule has 0 aliphatic carbocycles. The van der Waals surface area contributed by atoms with Gasteiger partial charge in [0.05, 0.1) is 22.1 Å². The van der Waals surface area contributed by atoms with Crippen LogP contribution in [0.4, 0.5) is 5.82 Å². The zero-order chi connectivity index (χ0) is 22.0. The van der Waals surface area contributed by atoms with Crippen LogP contribution in [0.5, 0.6) is 0 Å². The van der Waals surface area contributed by atoms with Crippen molar-refractivity contribution in [2.45, 2.75) is 26.7 Å². The van der Waals surface area contributed by atoms with E-state index in [0.29, 0.717) is 11.2 Å². The molecule has 0 aliphatic rings. The molecule has 7 heteroatoms. The summed E-state index contributed by atoms with van der Waals surface area (Å²) in [7, 11) is 0. The third kappa shape index (κ3) is 3.86. The number of nitrogens with zero attached hydrogens (tertiary/aromatic N) is 3. The van der Waals surface area contributed by atoms with Crippen molar-refractivity contribution in [1.29, 1.82) is 0 Å². The molecule has 3 N–H and O–H groups in total. The number of carbonyl (C=O) groups excluding carboxylic acids is 1. The lowest BCUT2D eigenvalue weighted by Gasteiger charge is -2.25. The minimum absolute atomic E-state index is 0.0275. The molecule has 3 heterocycles. The molecule has 0 atom stereocenters. The molecule has 1 aromatic carbocycles. The number of nitrogens with two attached hydrogens (primary N) is 1. The highest BCUT2D eigenvalue weighted by Gasteiger charge is 2.18. The van der Waals surface area contributed by atoms with Gasteiger partial charge in [-0.1, -0.05) is 31.5 Å². The Labute approximate surface area is 179 Å². The van der Waals surface area contributed by atoms with Crippen LogP contribution in [0.15, 0.2) is 53.5 Å². The lowest BCUT2D eigenvalue weighted by Crippen LogP contribution is -2.25. The molecule has 7 nitrogen and oxygen atoms in total. The Morgan fingerprint density at radius 2 is 1.97 bits per heavy atom. The summed E-state index contributed by atoms with van der Waals surface area (Å²) < 4.78 is 0. The van der Waals surface area contributed by atoms with Gasteiger partial charge in [-0.15, -0.1) is 0 Å². The highest BCUT2D eigenvalue weighted by atomic mass is 16.1. The molecule has 31 heavy (non-hydrogen) atoms. The van der Waals surface area contributed by atoms with Gasteiger partial charge >= 0.3 is 0 Å². The van der Waals surface area contributed by atoms with Gasteiger partial charge in [0, 0.05) is 36.3 Å². The van der Waals surface area contributed by atoms with Crippen molar-refractivity contribution < 1.29 is 4.79 Å². The second-order valence-electron chi connectivity index (χ2n) is 7.48.